The zero-order valence-electron chi connectivity index (χ0n) is 12.2. The second-order valence-electron chi connectivity index (χ2n) is 5.18. The van der Waals surface area contributed by atoms with Gasteiger partial charge >= 0.3 is 0 Å². The van der Waals surface area contributed by atoms with Gasteiger partial charge < -0.3 is 9.64 Å². The predicted molar refractivity (Wildman–Crippen MR) is 80.1 cm³/mol. The molecule has 1 aliphatic heterocycles. The third-order valence-corrected chi connectivity index (χ3v) is 3.88. The molecule has 1 aromatic heterocycles. The van der Waals surface area contributed by atoms with Crippen molar-refractivity contribution >= 4 is 16.9 Å². The minimum absolute atomic E-state index is 0.0308. The fraction of sp³-hybridized carbons (Fsp3) is 0.438. The minimum Gasteiger partial charge on any atom is -0.380 e. The van der Waals surface area contributed by atoms with Crippen LogP contribution in [0.15, 0.2) is 30.6 Å². The molecule has 0 bridgehead atoms. The molecule has 1 fully saturated rings. The van der Waals surface area contributed by atoms with Gasteiger partial charge in [-0.15, -0.1) is 0 Å². The highest BCUT2D eigenvalue weighted by Crippen LogP contribution is 2.23. The van der Waals surface area contributed by atoms with E-state index in [0.29, 0.717) is 24.3 Å². The highest BCUT2D eigenvalue weighted by atomic mass is 16.5. The first-order chi connectivity index (χ1) is 10.3. The molecule has 0 unspecified atom stereocenters. The Balaban J connectivity index is 1.89. The second kappa shape index (κ2) is 6.18. The van der Waals surface area contributed by atoms with Crippen molar-refractivity contribution in [2.75, 3.05) is 19.8 Å². The molecule has 2 heterocycles. The Labute approximate surface area is 124 Å². The predicted octanol–water partition coefficient (Wildman–Crippen LogP) is 2.27. The number of para-hydroxylation sites is 1. The number of hydrogen-bond donors (Lipinski definition) is 0. The summed E-state index contributed by atoms with van der Waals surface area (Å²) in [5.41, 5.74) is 2.06. The van der Waals surface area contributed by atoms with Gasteiger partial charge in [0, 0.05) is 25.5 Å². The average molecular weight is 285 g/mol. The number of carbonyl (C=O) groups excluding carboxylic acids is 1. The Kier molecular flexibility index (Phi) is 4.10. The van der Waals surface area contributed by atoms with Gasteiger partial charge in [0.2, 0.25) is 0 Å². The summed E-state index contributed by atoms with van der Waals surface area (Å²) in [5, 5.41) is 0. The van der Waals surface area contributed by atoms with Gasteiger partial charge in [0.25, 0.3) is 5.91 Å². The van der Waals surface area contributed by atoms with E-state index in [4.69, 9.17) is 4.74 Å². The smallest absolute Gasteiger partial charge is 0.256 e. The number of carbonyl (C=O) groups is 1. The highest BCUT2D eigenvalue weighted by molar-refractivity contribution is 6.04. The maximum Gasteiger partial charge on any atom is 0.256 e. The lowest BCUT2D eigenvalue weighted by molar-refractivity contribution is 0.0566. The van der Waals surface area contributed by atoms with E-state index < -0.39 is 0 Å². The van der Waals surface area contributed by atoms with Crippen LogP contribution in [-0.4, -0.2) is 46.6 Å². The number of likely N-dealkylation sites (tertiary alicyclic amines) is 1. The Morgan fingerprint density at radius 1 is 1.38 bits per heavy atom. The third-order valence-electron chi connectivity index (χ3n) is 3.88. The lowest BCUT2D eigenvalue weighted by atomic mass is 10.1. The van der Waals surface area contributed by atoms with Crippen molar-refractivity contribution in [3.8, 4) is 0 Å². The quantitative estimate of drug-likeness (QED) is 0.864. The van der Waals surface area contributed by atoms with Crippen LogP contribution >= 0.6 is 0 Å². The molecule has 0 aliphatic carbocycles. The zero-order chi connectivity index (χ0) is 14.7. The van der Waals surface area contributed by atoms with Crippen molar-refractivity contribution in [3.05, 3.63) is 36.2 Å². The molecule has 1 atom stereocenters. The first-order valence-electron chi connectivity index (χ1n) is 7.39. The summed E-state index contributed by atoms with van der Waals surface area (Å²) in [6.07, 6.45) is 5.30. The Morgan fingerprint density at radius 3 is 3.10 bits per heavy atom. The van der Waals surface area contributed by atoms with E-state index in [1.165, 1.54) is 0 Å². The molecule has 0 radical (unpaired) electrons. The van der Waals surface area contributed by atoms with Crippen LogP contribution in [0, 0.1) is 0 Å². The van der Waals surface area contributed by atoms with Gasteiger partial charge in [-0.05, 0) is 31.9 Å². The standard InChI is InChI=1S/C16H19N3O2/c1-2-21-11-12-5-4-10-19(12)16(20)13-6-3-7-14-15(13)18-9-8-17-14/h3,6-9,12H,2,4-5,10-11H2,1H3/t12-/m1/s1. The summed E-state index contributed by atoms with van der Waals surface area (Å²) in [6, 6.07) is 5.73. The SMILES string of the molecule is CCOC[C@H]1CCCN1C(=O)c1cccc2nccnc12. The number of rotatable bonds is 4. The number of benzene rings is 1. The van der Waals surface area contributed by atoms with Gasteiger partial charge in [0.1, 0.15) is 5.52 Å². The summed E-state index contributed by atoms with van der Waals surface area (Å²) >= 11 is 0. The summed E-state index contributed by atoms with van der Waals surface area (Å²) in [6.45, 7) is 4.05. The van der Waals surface area contributed by atoms with E-state index in [0.717, 1.165) is 24.9 Å². The molecule has 21 heavy (non-hydrogen) atoms. The van der Waals surface area contributed by atoms with E-state index >= 15 is 0 Å². The lowest BCUT2D eigenvalue weighted by Gasteiger charge is -2.24. The van der Waals surface area contributed by atoms with Crippen LogP contribution in [0.3, 0.4) is 0 Å². The molecule has 110 valence electrons. The van der Waals surface area contributed by atoms with Crippen LogP contribution in [-0.2, 0) is 4.74 Å². The van der Waals surface area contributed by atoms with Crippen LogP contribution < -0.4 is 0 Å². The molecule has 0 N–H and O–H groups in total. The van der Waals surface area contributed by atoms with Crippen LogP contribution in [0.4, 0.5) is 0 Å². The van der Waals surface area contributed by atoms with Crippen molar-refractivity contribution < 1.29 is 9.53 Å². The van der Waals surface area contributed by atoms with Crippen molar-refractivity contribution in [2.45, 2.75) is 25.8 Å². The van der Waals surface area contributed by atoms with Gasteiger partial charge in [0.15, 0.2) is 0 Å². The van der Waals surface area contributed by atoms with Gasteiger partial charge in [-0.1, -0.05) is 6.07 Å². The fourth-order valence-corrected chi connectivity index (χ4v) is 2.85. The lowest BCUT2D eigenvalue weighted by Crippen LogP contribution is -2.38. The van der Waals surface area contributed by atoms with Crippen LogP contribution in [0.2, 0.25) is 0 Å². The number of aromatic nitrogens is 2. The van der Waals surface area contributed by atoms with Crippen molar-refractivity contribution in [3.63, 3.8) is 0 Å². The van der Waals surface area contributed by atoms with Crippen LogP contribution in [0.25, 0.3) is 11.0 Å². The average Bonchev–Trinajstić information content (AvgIpc) is 3.00. The zero-order valence-corrected chi connectivity index (χ0v) is 12.2. The number of amides is 1. The Hall–Kier alpha value is -2.01. The minimum atomic E-state index is 0.0308. The molecule has 1 saturated heterocycles. The number of ether oxygens (including phenoxy) is 1. The van der Waals surface area contributed by atoms with Gasteiger partial charge in [0.05, 0.1) is 23.7 Å². The molecule has 0 spiro atoms. The van der Waals surface area contributed by atoms with E-state index in [1.54, 1.807) is 12.4 Å². The summed E-state index contributed by atoms with van der Waals surface area (Å²) in [5.74, 6) is 0.0308. The van der Waals surface area contributed by atoms with E-state index in [1.807, 2.05) is 30.0 Å². The van der Waals surface area contributed by atoms with E-state index in [2.05, 4.69) is 9.97 Å². The third kappa shape index (κ3) is 2.74. The summed E-state index contributed by atoms with van der Waals surface area (Å²) in [4.78, 5) is 23.3. The van der Waals surface area contributed by atoms with Crippen molar-refractivity contribution in [2.24, 2.45) is 0 Å². The molecule has 5 nitrogen and oxygen atoms in total. The molecule has 1 aromatic carbocycles. The van der Waals surface area contributed by atoms with Gasteiger partial charge in [-0.3, -0.25) is 14.8 Å². The topological polar surface area (TPSA) is 55.3 Å². The van der Waals surface area contributed by atoms with Crippen LogP contribution in [0.1, 0.15) is 30.1 Å². The Morgan fingerprint density at radius 2 is 2.24 bits per heavy atom. The summed E-state index contributed by atoms with van der Waals surface area (Å²) < 4.78 is 5.50. The summed E-state index contributed by atoms with van der Waals surface area (Å²) in [7, 11) is 0. The van der Waals surface area contributed by atoms with Crippen LogP contribution in [0.5, 0.6) is 0 Å². The molecule has 2 aromatic rings. The van der Waals surface area contributed by atoms with Crippen molar-refractivity contribution in [1.82, 2.24) is 14.9 Å². The molecule has 3 rings (SSSR count). The molecular weight excluding hydrogens is 266 g/mol. The van der Waals surface area contributed by atoms with Gasteiger partial charge in [-0.25, -0.2) is 0 Å². The molecular formula is C16H19N3O2. The number of hydrogen-bond acceptors (Lipinski definition) is 4. The first kappa shape index (κ1) is 13.9. The number of nitrogens with zero attached hydrogens (tertiary/aromatic N) is 3. The van der Waals surface area contributed by atoms with E-state index in [-0.39, 0.29) is 11.9 Å². The first-order valence-corrected chi connectivity index (χ1v) is 7.39. The van der Waals surface area contributed by atoms with Gasteiger partial charge in [-0.2, -0.15) is 0 Å². The monoisotopic (exact) mass is 285 g/mol. The largest absolute Gasteiger partial charge is 0.380 e. The second-order valence-corrected chi connectivity index (χ2v) is 5.18. The molecule has 1 amide bonds. The van der Waals surface area contributed by atoms with E-state index in [9.17, 15) is 4.79 Å². The number of fused-ring (bicyclic) bond motifs is 1. The highest BCUT2D eigenvalue weighted by Gasteiger charge is 2.30. The molecule has 0 saturated carbocycles. The Bertz CT molecular complexity index is 639. The molecule has 5 heteroatoms. The normalized spacial score (nSPS) is 18.3. The van der Waals surface area contributed by atoms with Crippen molar-refractivity contribution in [1.29, 1.82) is 0 Å². The molecule has 1 aliphatic rings. The fourth-order valence-electron chi connectivity index (χ4n) is 2.85. The maximum atomic E-state index is 12.8. The maximum absolute atomic E-state index is 12.8.